The van der Waals surface area contributed by atoms with E-state index in [-0.39, 0.29) is 12.5 Å². The van der Waals surface area contributed by atoms with Gasteiger partial charge in [0.2, 0.25) is 0 Å². The van der Waals surface area contributed by atoms with Gasteiger partial charge in [-0.25, -0.2) is 4.98 Å². The molecule has 5 nitrogen and oxygen atoms in total. The first-order chi connectivity index (χ1) is 13.7. The molecule has 2 N–H and O–H groups in total. The molecule has 0 saturated carbocycles. The van der Waals surface area contributed by atoms with Crippen molar-refractivity contribution < 1.29 is 18.0 Å². The lowest BCUT2D eigenvalue weighted by molar-refractivity contribution is -0.131. The first-order valence-electron chi connectivity index (χ1n) is 9.01. The van der Waals surface area contributed by atoms with Crippen LogP contribution in [0.1, 0.15) is 27.9 Å². The Labute approximate surface area is 166 Å². The minimum Gasteiger partial charge on any atom is -0.382 e. The van der Waals surface area contributed by atoms with Crippen LogP contribution in [0.15, 0.2) is 43.2 Å². The normalized spacial score (nSPS) is 11.5. The molecular formula is C21H21F3N4O. The Hall–Kier alpha value is -3.29. The van der Waals surface area contributed by atoms with Gasteiger partial charge in [0, 0.05) is 37.1 Å². The minimum absolute atomic E-state index is 0.171. The summed E-state index contributed by atoms with van der Waals surface area (Å²) in [6, 6.07) is 7.10. The molecule has 3 aromatic rings. The molecule has 29 heavy (non-hydrogen) atoms. The highest BCUT2D eigenvalue weighted by molar-refractivity contribution is 5.96. The fourth-order valence-electron chi connectivity index (χ4n) is 3.05. The van der Waals surface area contributed by atoms with Gasteiger partial charge in [0.05, 0.1) is 17.8 Å². The third kappa shape index (κ3) is 4.59. The van der Waals surface area contributed by atoms with E-state index in [1.807, 2.05) is 13.0 Å². The number of nitrogens with one attached hydrogen (secondary N) is 2. The summed E-state index contributed by atoms with van der Waals surface area (Å²) in [7, 11) is 1.57. The van der Waals surface area contributed by atoms with Crippen molar-refractivity contribution in [2.45, 2.75) is 19.5 Å². The molecular weight excluding hydrogens is 381 g/mol. The maximum atomic E-state index is 12.5. The van der Waals surface area contributed by atoms with Crippen molar-refractivity contribution in [3.8, 4) is 11.3 Å². The lowest BCUT2D eigenvalue weighted by Gasteiger charge is -2.10. The van der Waals surface area contributed by atoms with Crippen LogP contribution in [0.3, 0.4) is 0 Å². The van der Waals surface area contributed by atoms with Crippen LogP contribution in [0.4, 0.5) is 18.9 Å². The van der Waals surface area contributed by atoms with Crippen LogP contribution in [0.25, 0.3) is 23.0 Å². The van der Waals surface area contributed by atoms with Crippen LogP contribution in [-0.4, -0.2) is 35.1 Å². The zero-order chi connectivity index (χ0) is 21.2. The number of rotatable bonds is 6. The number of halogens is 3. The summed E-state index contributed by atoms with van der Waals surface area (Å²) in [5.74, 6) is -0.171. The van der Waals surface area contributed by atoms with Crippen molar-refractivity contribution in [2.75, 3.05) is 18.9 Å². The number of alkyl halides is 3. The van der Waals surface area contributed by atoms with Crippen LogP contribution in [0.2, 0.25) is 0 Å². The number of pyridine rings is 1. The lowest BCUT2D eigenvalue weighted by Crippen LogP contribution is -2.18. The molecule has 0 aliphatic heterocycles. The number of carbonyl (C=O) groups excluding carboxylic acids is 1. The molecule has 152 valence electrons. The fraction of sp³-hybridized carbons (Fsp3) is 0.238. The maximum absolute atomic E-state index is 12.5. The van der Waals surface area contributed by atoms with Gasteiger partial charge in [-0.1, -0.05) is 18.7 Å². The van der Waals surface area contributed by atoms with Crippen LogP contribution >= 0.6 is 0 Å². The van der Waals surface area contributed by atoms with Gasteiger partial charge in [0.25, 0.3) is 5.91 Å². The van der Waals surface area contributed by atoms with E-state index in [0.717, 1.165) is 16.7 Å². The van der Waals surface area contributed by atoms with Crippen molar-refractivity contribution in [1.82, 2.24) is 14.7 Å². The zero-order valence-corrected chi connectivity index (χ0v) is 16.1. The van der Waals surface area contributed by atoms with Gasteiger partial charge in [-0.15, -0.1) is 0 Å². The smallest absolute Gasteiger partial charge is 0.382 e. The number of aryl methyl sites for hydroxylation is 1. The van der Waals surface area contributed by atoms with Crippen molar-refractivity contribution in [3.05, 3.63) is 59.9 Å². The van der Waals surface area contributed by atoms with E-state index in [4.69, 9.17) is 0 Å². The van der Waals surface area contributed by atoms with Gasteiger partial charge in [-0.05, 0) is 36.2 Å². The predicted molar refractivity (Wildman–Crippen MR) is 108 cm³/mol. The van der Waals surface area contributed by atoms with Crippen LogP contribution in [0, 0.1) is 6.92 Å². The van der Waals surface area contributed by atoms with E-state index < -0.39 is 12.6 Å². The van der Waals surface area contributed by atoms with Crippen LogP contribution in [0.5, 0.6) is 0 Å². The molecule has 8 heteroatoms. The quantitative estimate of drug-likeness (QED) is 0.630. The molecule has 1 aromatic carbocycles. The largest absolute Gasteiger partial charge is 0.390 e. The number of hydrogen-bond acceptors (Lipinski definition) is 3. The van der Waals surface area contributed by atoms with Gasteiger partial charge in [0.15, 0.2) is 5.65 Å². The number of benzene rings is 1. The number of amides is 1. The molecule has 3 rings (SSSR count). The van der Waals surface area contributed by atoms with Crippen molar-refractivity contribution in [1.29, 1.82) is 0 Å². The monoisotopic (exact) mass is 402 g/mol. The van der Waals surface area contributed by atoms with E-state index in [2.05, 4.69) is 22.2 Å². The SMILES string of the molecule is C=Cc1cc(NCCC(F)(F)F)c2nc(-c3ccc(C(=O)NC)c(C)c3)cn2c1. The summed E-state index contributed by atoms with van der Waals surface area (Å²) in [6.07, 6.45) is 0.0522. The standard InChI is InChI=1S/C21H21F3N4O/c1-4-14-10-17(26-8-7-21(22,23)24)19-27-18(12-28(19)11-14)15-5-6-16(13(2)9-15)20(29)25-3/h4-6,9-12,26H,1,7-8H2,2-3H3,(H,25,29). The maximum Gasteiger partial charge on any atom is 0.390 e. The molecule has 0 fully saturated rings. The Morgan fingerprint density at radius 3 is 2.66 bits per heavy atom. The second-order valence-corrected chi connectivity index (χ2v) is 6.65. The van der Waals surface area contributed by atoms with E-state index >= 15 is 0 Å². The topological polar surface area (TPSA) is 58.4 Å². The molecule has 0 spiro atoms. The van der Waals surface area contributed by atoms with E-state index in [1.165, 1.54) is 0 Å². The highest BCUT2D eigenvalue weighted by atomic mass is 19.4. The number of nitrogens with zero attached hydrogens (tertiary/aromatic N) is 2. The zero-order valence-electron chi connectivity index (χ0n) is 16.1. The van der Waals surface area contributed by atoms with E-state index in [0.29, 0.717) is 22.6 Å². The summed E-state index contributed by atoms with van der Waals surface area (Å²) in [5.41, 5.74) is 4.59. The molecule has 0 atom stereocenters. The summed E-state index contributed by atoms with van der Waals surface area (Å²) in [6.45, 7) is 5.32. The minimum atomic E-state index is -4.23. The van der Waals surface area contributed by atoms with Crippen LogP contribution in [-0.2, 0) is 0 Å². The highest BCUT2D eigenvalue weighted by Crippen LogP contribution is 2.27. The third-order valence-electron chi connectivity index (χ3n) is 4.53. The summed E-state index contributed by atoms with van der Waals surface area (Å²) in [4.78, 5) is 16.5. The molecule has 0 unspecified atom stereocenters. The average Bonchev–Trinajstić information content (AvgIpc) is 3.10. The molecule has 2 heterocycles. The number of aromatic nitrogens is 2. The van der Waals surface area contributed by atoms with E-state index in [1.54, 1.807) is 48.1 Å². The first-order valence-corrected chi connectivity index (χ1v) is 9.01. The first kappa shape index (κ1) is 20.4. The van der Waals surface area contributed by atoms with Crippen molar-refractivity contribution >= 4 is 23.3 Å². The molecule has 0 saturated heterocycles. The second-order valence-electron chi connectivity index (χ2n) is 6.65. The van der Waals surface area contributed by atoms with Gasteiger partial charge < -0.3 is 15.0 Å². The number of carbonyl (C=O) groups is 1. The van der Waals surface area contributed by atoms with Gasteiger partial charge in [0.1, 0.15) is 0 Å². The van der Waals surface area contributed by atoms with Crippen molar-refractivity contribution in [2.24, 2.45) is 0 Å². The van der Waals surface area contributed by atoms with Gasteiger partial charge in [-0.2, -0.15) is 13.2 Å². The van der Waals surface area contributed by atoms with Gasteiger partial charge in [-0.3, -0.25) is 4.79 Å². The Morgan fingerprint density at radius 2 is 2.03 bits per heavy atom. The number of fused-ring (bicyclic) bond motifs is 1. The second kappa shape index (κ2) is 7.98. The predicted octanol–water partition coefficient (Wildman–Crippen LogP) is 4.68. The number of imidazole rings is 1. The molecule has 0 aliphatic rings. The lowest BCUT2D eigenvalue weighted by atomic mass is 10.0. The summed E-state index contributed by atoms with van der Waals surface area (Å²) < 4.78 is 39.2. The Bertz CT molecular complexity index is 1070. The average molecular weight is 402 g/mol. The number of hydrogen-bond donors (Lipinski definition) is 2. The Morgan fingerprint density at radius 1 is 1.28 bits per heavy atom. The molecule has 0 radical (unpaired) electrons. The Kier molecular flexibility index (Phi) is 5.63. The van der Waals surface area contributed by atoms with Crippen LogP contribution < -0.4 is 10.6 Å². The summed E-state index contributed by atoms with van der Waals surface area (Å²) >= 11 is 0. The fourth-order valence-corrected chi connectivity index (χ4v) is 3.05. The van der Waals surface area contributed by atoms with Gasteiger partial charge >= 0.3 is 6.18 Å². The van der Waals surface area contributed by atoms with Crippen molar-refractivity contribution in [3.63, 3.8) is 0 Å². The van der Waals surface area contributed by atoms with E-state index in [9.17, 15) is 18.0 Å². The Balaban J connectivity index is 1.98. The molecule has 2 aromatic heterocycles. The molecule has 0 bridgehead atoms. The highest BCUT2D eigenvalue weighted by Gasteiger charge is 2.26. The third-order valence-corrected chi connectivity index (χ3v) is 4.53. The molecule has 1 amide bonds. The molecule has 0 aliphatic carbocycles. The number of anilines is 1. The summed E-state index contributed by atoms with van der Waals surface area (Å²) in [5, 5.41) is 5.42.